The minimum atomic E-state index is 0.0143. The molecule has 0 heterocycles. The van der Waals surface area contributed by atoms with Crippen LogP contribution in [0.5, 0.6) is 0 Å². The lowest BCUT2D eigenvalue weighted by molar-refractivity contribution is -0.144. The fraction of sp³-hybridized carbons (Fsp3) is 0.947. The molecule has 1 aliphatic carbocycles. The Kier molecular flexibility index (Phi) is 11.6. The average Bonchev–Trinajstić information content (AvgIpc) is 2.47. The molecular formula is C19H36O2. The van der Waals surface area contributed by atoms with Crippen LogP contribution in [0.25, 0.3) is 0 Å². The molecule has 0 amide bonds. The third-order valence-corrected chi connectivity index (χ3v) is 4.74. The van der Waals surface area contributed by atoms with Crippen molar-refractivity contribution in [1.29, 1.82) is 0 Å². The van der Waals surface area contributed by atoms with Gasteiger partial charge in [-0.3, -0.25) is 4.79 Å². The highest BCUT2D eigenvalue weighted by molar-refractivity contribution is 5.69. The molecule has 1 aliphatic rings. The quantitative estimate of drug-likeness (QED) is 0.594. The van der Waals surface area contributed by atoms with Crippen LogP contribution in [-0.4, -0.2) is 12.6 Å². The third kappa shape index (κ3) is 10.8. The van der Waals surface area contributed by atoms with Crippen LogP contribution in [0.1, 0.15) is 103 Å². The predicted octanol–water partition coefficient (Wildman–Crippen LogP) is 6.03. The van der Waals surface area contributed by atoms with Crippen LogP contribution < -0.4 is 0 Å². The Morgan fingerprint density at radius 2 is 1.14 bits per heavy atom. The summed E-state index contributed by atoms with van der Waals surface area (Å²) in [6, 6.07) is 0. The normalized spacial score (nSPS) is 21.2. The molecule has 0 bridgehead atoms. The monoisotopic (exact) mass is 296 g/mol. The first kappa shape index (κ1) is 18.5. The molecule has 124 valence electrons. The Morgan fingerprint density at radius 3 is 1.52 bits per heavy atom. The molecule has 21 heavy (non-hydrogen) atoms. The first-order valence-electron chi connectivity index (χ1n) is 9.48. The van der Waals surface area contributed by atoms with Crippen molar-refractivity contribution in [1.82, 2.24) is 0 Å². The van der Waals surface area contributed by atoms with E-state index in [-0.39, 0.29) is 5.97 Å². The molecule has 0 radical (unpaired) electrons. The average molecular weight is 296 g/mol. The smallest absolute Gasteiger partial charge is 0.306 e. The van der Waals surface area contributed by atoms with Gasteiger partial charge in [-0.15, -0.1) is 0 Å². The fourth-order valence-electron chi connectivity index (χ4n) is 3.44. The van der Waals surface area contributed by atoms with E-state index in [0.717, 1.165) is 0 Å². The van der Waals surface area contributed by atoms with E-state index in [0.29, 0.717) is 18.9 Å². The van der Waals surface area contributed by atoms with Gasteiger partial charge in [0.25, 0.3) is 0 Å². The van der Waals surface area contributed by atoms with E-state index in [1.54, 1.807) is 0 Å². The SMILES string of the molecule is CCOC(=O)CC1CCCCCCCCCCCCCC1. The van der Waals surface area contributed by atoms with Crippen molar-refractivity contribution >= 4 is 5.97 Å². The topological polar surface area (TPSA) is 26.3 Å². The van der Waals surface area contributed by atoms with E-state index < -0.39 is 0 Å². The third-order valence-electron chi connectivity index (χ3n) is 4.74. The van der Waals surface area contributed by atoms with Gasteiger partial charge in [-0.05, 0) is 25.7 Å². The van der Waals surface area contributed by atoms with E-state index >= 15 is 0 Å². The number of esters is 1. The van der Waals surface area contributed by atoms with E-state index in [1.807, 2.05) is 6.92 Å². The molecule has 0 saturated heterocycles. The summed E-state index contributed by atoms with van der Waals surface area (Å²) in [5.41, 5.74) is 0. The Balaban J connectivity index is 2.31. The first-order chi connectivity index (χ1) is 10.3. The maximum atomic E-state index is 11.7. The van der Waals surface area contributed by atoms with Crippen LogP contribution in [0, 0.1) is 5.92 Å². The highest BCUT2D eigenvalue weighted by Gasteiger charge is 2.14. The molecule has 1 saturated carbocycles. The summed E-state index contributed by atoms with van der Waals surface area (Å²) in [6.45, 7) is 2.42. The Bertz CT molecular complexity index is 234. The van der Waals surface area contributed by atoms with E-state index in [4.69, 9.17) is 4.74 Å². The van der Waals surface area contributed by atoms with E-state index in [1.165, 1.54) is 89.9 Å². The number of hydrogen-bond donors (Lipinski definition) is 0. The zero-order valence-electron chi connectivity index (χ0n) is 14.2. The van der Waals surface area contributed by atoms with Crippen molar-refractivity contribution in [3.63, 3.8) is 0 Å². The molecule has 0 unspecified atom stereocenters. The first-order valence-corrected chi connectivity index (χ1v) is 9.48. The lowest BCUT2D eigenvalue weighted by atomic mass is 9.91. The van der Waals surface area contributed by atoms with Gasteiger partial charge in [0.2, 0.25) is 0 Å². The summed E-state index contributed by atoms with van der Waals surface area (Å²) in [7, 11) is 0. The predicted molar refractivity (Wildman–Crippen MR) is 89.4 cm³/mol. The number of carbonyl (C=O) groups excluding carboxylic acids is 1. The van der Waals surface area contributed by atoms with Crippen molar-refractivity contribution in [2.75, 3.05) is 6.61 Å². The van der Waals surface area contributed by atoms with Gasteiger partial charge in [0.15, 0.2) is 0 Å². The molecule has 0 aromatic carbocycles. The van der Waals surface area contributed by atoms with E-state index in [9.17, 15) is 4.79 Å². The summed E-state index contributed by atoms with van der Waals surface area (Å²) >= 11 is 0. The molecule has 0 aliphatic heterocycles. The summed E-state index contributed by atoms with van der Waals surface area (Å²) in [4.78, 5) is 11.7. The lowest BCUT2D eigenvalue weighted by Crippen LogP contribution is -2.12. The molecule has 1 fully saturated rings. The fourth-order valence-corrected chi connectivity index (χ4v) is 3.44. The van der Waals surface area contributed by atoms with Gasteiger partial charge >= 0.3 is 5.97 Å². The van der Waals surface area contributed by atoms with Crippen LogP contribution in [0.4, 0.5) is 0 Å². The van der Waals surface area contributed by atoms with Gasteiger partial charge in [-0.2, -0.15) is 0 Å². The second-order valence-electron chi connectivity index (χ2n) is 6.70. The van der Waals surface area contributed by atoms with Crippen molar-refractivity contribution in [3.05, 3.63) is 0 Å². The second-order valence-corrected chi connectivity index (χ2v) is 6.70. The molecule has 0 aromatic rings. The van der Waals surface area contributed by atoms with Crippen molar-refractivity contribution in [2.24, 2.45) is 5.92 Å². The van der Waals surface area contributed by atoms with Gasteiger partial charge in [-0.25, -0.2) is 0 Å². The minimum absolute atomic E-state index is 0.0143. The van der Waals surface area contributed by atoms with E-state index in [2.05, 4.69) is 0 Å². The Hall–Kier alpha value is -0.530. The molecule has 2 heteroatoms. The Labute approximate surface area is 132 Å². The molecule has 0 spiro atoms. The zero-order valence-corrected chi connectivity index (χ0v) is 14.2. The van der Waals surface area contributed by atoms with Crippen LogP contribution in [-0.2, 0) is 9.53 Å². The molecular weight excluding hydrogens is 260 g/mol. The van der Waals surface area contributed by atoms with Crippen molar-refractivity contribution in [3.8, 4) is 0 Å². The standard InChI is InChI=1S/C19H36O2/c1-2-21-19(20)17-18-15-13-11-9-7-5-3-4-6-8-10-12-14-16-18/h18H,2-17H2,1H3. The van der Waals surface area contributed by atoms with Crippen molar-refractivity contribution < 1.29 is 9.53 Å². The maximum absolute atomic E-state index is 11.7. The number of hydrogen-bond acceptors (Lipinski definition) is 2. The minimum Gasteiger partial charge on any atom is -0.466 e. The van der Waals surface area contributed by atoms with Crippen molar-refractivity contribution in [2.45, 2.75) is 103 Å². The summed E-state index contributed by atoms with van der Waals surface area (Å²) in [6.07, 6.45) is 19.7. The maximum Gasteiger partial charge on any atom is 0.306 e. The summed E-state index contributed by atoms with van der Waals surface area (Å²) in [5, 5.41) is 0. The van der Waals surface area contributed by atoms with Gasteiger partial charge in [0, 0.05) is 6.42 Å². The zero-order chi connectivity index (χ0) is 15.2. The van der Waals surface area contributed by atoms with Crippen LogP contribution >= 0.6 is 0 Å². The lowest BCUT2D eigenvalue weighted by Gasteiger charge is -2.16. The molecule has 0 N–H and O–H groups in total. The number of ether oxygens (including phenoxy) is 1. The van der Waals surface area contributed by atoms with Gasteiger partial charge in [0.1, 0.15) is 0 Å². The molecule has 1 rings (SSSR count). The van der Waals surface area contributed by atoms with Crippen LogP contribution in [0.15, 0.2) is 0 Å². The molecule has 2 nitrogen and oxygen atoms in total. The summed E-state index contributed by atoms with van der Waals surface area (Å²) < 4.78 is 5.13. The second kappa shape index (κ2) is 13.2. The van der Waals surface area contributed by atoms with Crippen LogP contribution in [0.3, 0.4) is 0 Å². The van der Waals surface area contributed by atoms with Gasteiger partial charge < -0.3 is 4.74 Å². The highest BCUT2D eigenvalue weighted by Crippen LogP contribution is 2.23. The number of rotatable bonds is 3. The highest BCUT2D eigenvalue weighted by atomic mass is 16.5. The van der Waals surface area contributed by atoms with Gasteiger partial charge in [0.05, 0.1) is 6.61 Å². The van der Waals surface area contributed by atoms with Crippen LogP contribution in [0.2, 0.25) is 0 Å². The largest absolute Gasteiger partial charge is 0.466 e. The number of carbonyl (C=O) groups is 1. The van der Waals surface area contributed by atoms with Gasteiger partial charge in [-0.1, -0.05) is 77.0 Å². The Morgan fingerprint density at radius 1 is 0.762 bits per heavy atom. The molecule has 0 aromatic heterocycles. The molecule has 0 atom stereocenters. The summed E-state index contributed by atoms with van der Waals surface area (Å²) in [5.74, 6) is 0.578.